The van der Waals surface area contributed by atoms with Gasteiger partial charge in [0.1, 0.15) is 0 Å². The first-order valence-corrected chi connectivity index (χ1v) is 10.4. The van der Waals surface area contributed by atoms with Crippen molar-refractivity contribution < 1.29 is 14.7 Å². The zero-order chi connectivity index (χ0) is 21.8. The first kappa shape index (κ1) is 20.6. The normalized spacial score (nSPS) is 18.5. The number of piperidine rings is 1. The zero-order valence-electron chi connectivity index (χ0n) is 17.1. The van der Waals surface area contributed by atoms with E-state index < -0.39 is 12.0 Å². The van der Waals surface area contributed by atoms with Crippen LogP contribution in [0.5, 0.6) is 0 Å². The van der Waals surface area contributed by atoms with Gasteiger partial charge >= 0.3 is 6.09 Å². The molecule has 0 bridgehead atoms. The van der Waals surface area contributed by atoms with Crippen LogP contribution in [0, 0.1) is 5.92 Å². The quantitative estimate of drug-likeness (QED) is 0.640. The van der Waals surface area contributed by atoms with Crippen molar-refractivity contribution in [2.75, 3.05) is 6.54 Å². The molecule has 1 fully saturated rings. The molecular formula is C25H25N3O3. The fourth-order valence-electron chi connectivity index (χ4n) is 4.37. The highest BCUT2D eigenvalue weighted by molar-refractivity contribution is 5.94. The van der Waals surface area contributed by atoms with Crippen molar-refractivity contribution in [2.24, 2.45) is 11.7 Å². The molecule has 31 heavy (non-hydrogen) atoms. The Hall–Kier alpha value is -3.67. The van der Waals surface area contributed by atoms with Gasteiger partial charge in [-0.3, -0.25) is 9.78 Å². The summed E-state index contributed by atoms with van der Waals surface area (Å²) in [6, 6.07) is 19.1. The summed E-state index contributed by atoms with van der Waals surface area (Å²) in [6.45, 7) is 0.499. The highest BCUT2D eigenvalue weighted by Gasteiger charge is 2.33. The second-order valence-corrected chi connectivity index (χ2v) is 8.02. The van der Waals surface area contributed by atoms with Gasteiger partial charge in [-0.1, -0.05) is 42.5 Å². The minimum atomic E-state index is -0.913. The van der Waals surface area contributed by atoms with Gasteiger partial charge in [-0.2, -0.15) is 0 Å². The van der Waals surface area contributed by atoms with E-state index >= 15 is 0 Å². The van der Waals surface area contributed by atoms with Crippen LogP contribution in [-0.4, -0.2) is 33.5 Å². The predicted octanol–water partition coefficient (Wildman–Crippen LogP) is 4.52. The number of benzene rings is 2. The van der Waals surface area contributed by atoms with Gasteiger partial charge in [0.15, 0.2) is 0 Å². The van der Waals surface area contributed by atoms with Crippen molar-refractivity contribution in [3.63, 3.8) is 0 Å². The molecule has 3 N–H and O–H groups in total. The lowest BCUT2D eigenvalue weighted by Gasteiger charge is -2.38. The lowest BCUT2D eigenvalue weighted by molar-refractivity contribution is 0.0893. The van der Waals surface area contributed by atoms with Crippen LogP contribution in [-0.2, 0) is 6.42 Å². The summed E-state index contributed by atoms with van der Waals surface area (Å²) in [7, 11) is 0. The van der Waals surface area contributed by atoms with Gasteiger partial charge in [0, 0.05) is 30.1 Å². The van der Waals surface area contributed by atoms with Crippen LogP contribution >= 0.6 is 0 Å². The molecule has 2 atom stereocenters. The number of aromatic nitrogens is 1. The molecule has 2 unspecified atom stereocenters. The maximum absolute atomic E-state index is 11.9. The highest BCUT2D eigenvalue weighted by atomic mass is 16.4. The molecule has 3 aromatic rings. The summed E-state index contributed by atoms with van der Waals surface area (Å²) in [5.41, 5.74) is 9.62. The van der Waals surface area contributed by atoms with E-state index in [-0.39, 0.29) is 6.04 Å². The molecule has 1 aliphatic rings. The molecule has 4 rings (SSSR count). The van der Waals surface area contributed by atoms with Gasteiger partial charge in [0.05, 0.1) is 6.04 Å². The number of nitrogens with two attached hydrogens (primary N) is 1. The van der Waals surface area contributed by atoms with Crippen molar-refractivity contribution in [2.45, 2.75) is 25.3 Å². The molecule has 158 valence electrons. The van der Waals surface area contributed by atoms with Crippen molar-refractivity contribution in [1.82, 2.24) is 9.88 Å². The summed E-state index contributed by atoms with van der Waals surface area (Å²) in [5, 5.41) is 9.78. The predicted molar refractivity (Wildman–Crippen MR) is 119 cm³/mol. The van der Waals surface area contributed by atoms with E-state index in [1.807, 2.05) is 30.3 Å². The molecule has 2 aromatic carbocycles. The lowest BCUT2D eigenvalue weighted by atomic mass is 9.83. The highest BCUT2D eigenvalue weighted by Crippen LogP contribution is 2.37. The largest absolute Gasteiger partial charge is 0.465 e. The molecule has 1 saturated heterocycles. The summed E-state index contributed by atoms with van der Waals surface area (Å²) >= 11 is 0. The maximum atomic E-state index is 11.9. The Kier molecular flexibility index (Phi) is 5.98. The van der Waals surface area contributed by atoms with Gasteiger partial charge in [-0.25, -0.2) is 4.79 Å². The Morgan fingerprint density at radius 1 is 1.03 bits per heavy atom. The molecule has 0 spiro atoms. The van der Waals surface area contributed by atoms with Crippen LogP contribution in [0.1, 0.15) is 40.4 Å². The summed E-state index contributed by atoms with van der Waals surface area (Å²) in [5.74, 6) is -0.0936. The van der Waals surface area contributed by atoms with E-state index in [1.165, 1.54) is 10.5 Å². The number of hydrogen-bond donors (Lipinski definition) is 2. The molecular weight excluding hydrogens is 390 g/mol. The van der Waals surface area contributed by atoms with Crippen LogP contribution in [0.4, 0.5) is 4.79 Å². The van der Waals surface area contributed by atoms with Crippen molar-refractivity contribution in [3.05, 3.63) is 89.7 Å². The van der Waals surface area contributed by atoms with Crippen LogP contribution in [0.25, 0.3) is 11.1 Å². The number of carbonyl (C=O) groups excluding carboxylic acids is 1. The second kappa shape index (κ2) is 9.00. The summed E-state index contributed by atoms with van der Waals surface area (Å²) < 4.78 is 0. The number of carbonyl (C=O) groups is 2. The van der Waals surface area contributed by atoms with Crippen LogP contribution < -0.4 is 5.73 Å². The fourth-order valence-corrected chi connectivity index (χ4v) is 4.37. The number of primary amides is 1. The standard InChI is InChI=1S/C25H25N3O3/c26-24(29)20-8-4-7-19(13-20)21-14-22(16-27-15-21)23-12-18(9-10-28(23)25(30)31)11-17-5-2-1-3-6-17/h1-8,13-16,18,23H,9-12H2,(H2,26,29)(H,30,31). The molecule has 6 heteroatoms. The van der Waals surface area contributed by atoms with E-state index in [4.69, 9.17) is 5.73 Å². The molecule has 0 aliphatic carbocycles. The van der Waals surface area contributed by atoms with Gasteiger partial charge in [-0.05, 0) is 60.1 Å². The monoisotopic (exact) mass is 415 g/mol. The molecule has 6 nitrogen and oxygen atoms in total. The van der Waals surface area contributed by atoms with Gasteiger partial charge in [0.2, 0.25) is 5.91 Å². The van der Waals surface area contributed by atoms with Crippen molar-refractivity contribution in [1.29, 1.82) is 0 Å². The SMILES string of the molecule is NC(=O)c1cccc(-c2cncc(C3CC(Cc4ccccc4)CCN3C(=O)O)c2)c1. The number of rotatable bonds is 5. The molecule has 2 heterocycles. The van der Waals surface area contributed by atoms with Gasteiger partial charge < -0.3 is 15.7 Å². The first-order valence-electron chi connectivity index (χ1n) is 10.4. The Labute approximate surface area is 181 Å². The van der Waals surface area contributed by atoms with E-state index in [9.17, 15) is 14.7 Å². The van der Waals surface area contributed by atoms with E-state index in [1.54, 1.807) is 30.6 Å². The molecule has 0 radical (unpaired) electrons. The third-order valence-corrected chi connectivity index (χ3v) is 5.95. The second-order valence-electron chi connectivity index (χ2n) is 8.02. The van der Waals surface area contributed by atoms with Gasteiger partial charge in [0.25, 0.3) is 0 Å². The van der Waals surface area contributed by atoms with Crippen molar-refractivity contribution in [3.8, 4) is 11.1 Å². The number of amides is 2. The average molecular weight is 415 g/mol. The first-order chi connectivity index (χ1) is 15.0. The Morgan fingerprint density at radius 3 is 2.58 bits per heavy atom. The number of pyridine rings is 1. The van der Waals surface area contributed by atoms with Crippen molar-refractivity contribution >= 4 is 12.0 Å². The number of hydrogen-bond acceptors (Lipinski definition) is 3. The van der Waals surface area contributed by atoms with Gasteiger partial charge in [-0.15, -0.1) is 0 Å². The summed E-state index contributed by atoms with van der Waals surface area (Å²) in [6.07, 6.45) is 5.06. The number of nitrogens with zero attached hydrogens (tertiary/aromatic N) is 2. The minimum absolute atomic E-state index is 0.258. The Balaban J connectivity index is 1.62. The van der Waals surface area contributed by atoms with Crippen LogP contribution in [0.2, 0.25) is 0 Å². The third kappa shape index (κ3) is 4.74. The summed E-state index contributed by atoms with van der Waals surface area (Å²) in [4.78, 5) is 29.4. The molecule has 0 saturated carbocycles. The average Bonchev–Trinajstić information content (AvgIpc) is 2.80. The smallest absolute Gasteiger partial charge is 0.407 e. The topological polar surface area (TPSA) is 96.5 Å². The van der Waals surface area contributed by atoms with Crippen LogP contribution in [0.15, 0.2) is 73.1 Å². The maximum Gasteiger partial charge on any atom is 0.407 e. The van der Waals surface area contributed by atoms with Crippen LogP contribution in [0.3, 0.4) is 0 Å². The lowest BCUT2D eigenvalue weighted by Crippen LogP contribution is -2.40. The fraction of sp³-hybridized carbons (Fsp3) is 0.240. The number of likely N-dealkylation sites (tertiary alicyclic amines) is 1. The Bertz CT molecular complexity index is 1080. The Morgan fingerprint density at radius 2 is 1.84 bits per heavy atom. The number of carboxylic acid groups (broad SMARTS) is 1. The minimum Gasteiger partial charge on any atom is -0.465 e. The van der Waals surface area contributed by atoms with E-state index in [2.05, 4.69) is 17.1 Å². The van der Waals surface area contributed by atoms with E-state index in [0.717, 1.165) is 36.0 Å². The molecule has 1 aromatic heterocycles. The molecule has 1 aliphatic heterocycles. The van der Waals surface area contributed by atoms with E-state index in [0.29, 0.717) is 18.0 Å². The third-order valence-electron chi connectivity index (χ3n) is 5.95. The molecule has 2 amide bonds. The zero-order valence-corrected chi connectivity index (χ0v) is 17.1.